The van der Waals surface area contributed by atoms with Crippen molar-refractivity contribution in [3.63, 3.8) is 0 Å². The van der Waals surface area contributed by atoms with Gasteiger partial charge in [0.1, 0.15) is 0 Å². The van der Waals surface area contributed by atoms with Crippen molar-refractivity contribution >= 4 is 23.2 Å². The van der Waals surface area contributed by atoms with Gasteiger partial charge < -0.3 is 25.4 Å². The standard InChI is InChI=1S/C17H23N3O4/c1-24-13-9-12(5-7-21)20(10-13)17(23)11-2-3-14-15(8-11)19-16(22)4-6-18-14/h2-3,8,12-13,18,21H,4-7,9-10H2,1H3,(H,19,22)/t12-,13+/m1/s1. The van der Waals surface area contributed by atoms with E-state index in [1.54, 1.807) is 24.1 Å². The number of nitrogens with one attached hydrogen (secondary N) is 2. The van der Waals surface area contributed by atoms with Gasteiger partial charge in [-0.2, -0.15) is 0 Å². The quantitative estimate of drug-likeness (QED) is 0.766. The van der Waals surface area contributed by atoms with Gasteiger partial charge in [0.25, 0.3) is 5.91 Å². The Morgan fingerprint density at radius 1 is 1.42 bits per heavy atom. The van der Waals surface area contributed by atoms with Gasteiger partial charge in [0.2, 0.25) is 5.91 Å². The number of nitrogens with zero attached hydrogens (tertiary/aromatic N) is 1. The number of carbonyl (C=O) groups is 2. The van der Waals surface area contributed by atoms with E-state index in [1.807, 2.05) is 6.07 Å². The van der Waals surface area contributed by atoms with Crippen LogP contribution in [0.1, 0.15) is 29.6 Å². The summed E-state index contributed by atoms with van der Waals surface area (Å²) in [6, 6.07) is 5.27. The van der Waals surface area contributed by atoms with Gasteiger partial charge in [0.15, 0.2) is 0 Å². The average molecular weight is 333 g/mol. The van der Waals surface area contributed by atoms with Gasteiger partial charge >= 0.3 is 0 Å². The fourth-order valence-corrected chi connectivity index (χ4v) is 3.34. The molecular weight excluding hydrogens is 310 g/mol. The molecule has 1 aromatic carbocycles. The summed E-state index contributed by atoms with van der Waals surface area (Å²) in [5.41, 5.74) is 1.97. The van der Waals surface area contributed by atoms with Crippen molar-refractivity contribution in [1.29, 1.82) is 0 Å². The van der Waals surface area contributed by atoms with Gasteiger partial charge in [-0.05, 0) is 31.0 Å². The summed E-state index contributed by atoms with van der Waals surface area (Å²) >= 11 is 0. The first-order chi connectivity index (χ1) is 11.6. The van der Waals surface area contributed by atoms with Crippen LogP contribution >= 0.6 is 0 Å². The molecule has 1 aromatic rings. The van der Waals surface area contributed by atoms with E-state index >= 15 is 0 Å². The second-order valence-corrected chi connectivity index (χ2v) is 6.20. The number of methoxy groups -OCH3 is 1. The molecule has 2 heterocycles. The summed E-state index contributed by atoms with van der Waals surface area (Å²) < 4.78 is 5.38. The first-order valence-corrected chi connectivity index (χ1v) is 8.24. The van der Waals surface area contributed by atoms with Crippen LogP contribution in [0.2, 0.25) is 0 Å². The van der Waals surface area contributed by atoms with Crippen LogP contribution in [0.3, 0.4) is 0 Å². The SMILES string of the molecule is CO[C@H]1C[C@@H](CCO)N(C(=O)c2ccc3c(c2)NC(=O)CCN3)C1. The zero-order chi connectivity index (χ0) is 17.1. The van der Waals surface area contributed by atoms with Crippen molar-refractivity contribution in [2.24, 2.45) is 0 Å². The van der Waals surface area contributed by atoms with Crippen LogP contribution in [0.4, 0.5) is 11.4 Å². The molecule has 0 radical (unpaired) electrons. The molecule has 2 amide bonds. The lowest BCUT2D eigenvalue weighted by atomic mass is 10.1. The van der Waals surface area contributed by atoms with E-state index in [0.29, 0.717) is 37.2 Å². The molecule has 0 aromatic heterocycles. The maximum absolute atomic E-state index is 12.9. The lowest BCUT2D eigenvalue weighted by Gasteiger charge is -2.24. The Morgan fingerprint density at radius 2 is 2.25 bits per heavy atom. The molecule has 2 atom stereocenters. The Bertz CT molecular complexity index is 634. The molecule has 0 aliphatic carbocycles. The fourth-order valence-electron chi connectivity index (χ4n) is 3.34. The van der Waals surface area contributed by atoms with E-state index in [0.717, 1.165) is 12.1 Å². The number of ether oxygens (including phenoxy) is 1. The smallest absolute Gasteiger partial charge is 0.254 e. The summed E-state index contributed by atoms with van der Waals surface area (Å²) in [5.74, 6) is -0.168. The summed E-state index contributed by atoms with van der Waals surface area (Å²) in [4.78, 5) is 26.4. The highest BCUT2D eigenvalue weighted by Crippen LogP contribution is 2.29. The predicted molar refractivity (Wildman–Crippen MR) is 90.1 cm³/mol. The van der Waals surface area contributed by atoms with Crippen LogP contribution < -0.4 is 10.6 Å². The van der Waals surface area contributed by atoms with Crippen molar-refractivity contribution in [1.82, 2.24) is 4.90 Å². The molecular formula is C17H23N3O4. The Balaban J connectivity index is 1.83. The van der Waals surface area contributed by atoms with Gasteiger partial charge in [0, 0.05) is 44.8 Å². The maximum Gasteiger partial charge on any atom is 0.254 e. The largest absolute Gasteiger partial charge is 0.396 e. The molecule has 0 unspecified atom stereocenters. The maximum atomic E-state index is 12.9. The van der Waals surface area contributed by atoms with Crippen molar-refractivity contribution in [2.45, 2.75) is 31.4 Å². The molecule has 7 nitrogen and oxygen atoms in total. The van der Waals surface area contributed by atoms with E-state index in [2.05, 4.69) is 10.6 Å². The van der Waals surface area contributed by atoms with Crippen molar-refractivity contribution < 1.29 is 19.4 Å². The van der Waals surface area contributed by atoms with Crippen LogP contribution in [0.5, 0.6) is 0 Å². The number of aliphatic hydroxyl groups excluding tert-OH is 1. The number of carbonyl (C=O) groups excluding carboxylic acids is 2. The van der Waals surface area contributed by atoms with Crippen LogP contribution in [-0.2, 0) is 9.53 Å². The molecule has 130 valence electrons. The summed E-state index contributed by atoms with van der Waals surface area (Å²) in [6.07, 6.45) is 1.66. The number of rotatable bonds is 4. The van der Waals surface area contributed by atoms with E-state index in [9.17, 15) is 14.7 Å². The number of likely N-dealkylation sites (tertiary alicyclic amines) is 1. The molecule has 1 fully saturated rings. The monoisotopic (exact) mass is 333 g/mol. The van der Waals surface area contributed by atoms with Gasteiger partial charge in [-0.3, -0.25) is 9.59 Å². The lowest BCUT2D eigenvalue weighted by molar-refractivity contribution is -0.115. The molecule has 0 spiro atoms. The Hall–Kier alpha value is -2.12. The number of aliphatic hydroxyl groups is 1. The van der Waals surface area contributed by atoms with Gasteiger partial charge in [-0.15, -0.1) is 0 Å². The van der Waals surface area contributed by atoms with E-state index < -0.39 is 0 Å². The van der Waals surface area contributed by atoms with Crippen LogP contribution in [0.15, 0.2) is 18.2 Å². The zero-order valence-corrected chi connectivity index (χ0v) is 13.7. The van der Waals surface area contributed by atoms with Gasteiger partial charge in [0.05, 0.1) is 17.5 Å². The molecule has 1 saturated heterocycles. The Labute approximate surface area is 141 Å². The number of benzene rings is 1. The van der Waals surface area contributed by atoms with E-state index in [4.69, 9.17) is 4.74 Å². The minimum absolute atomic E-state index is 0.00676. The average Bonchev–Trinajstić information content (AvgIpc) is 2.89. The molecule has 3 N–H and O–H groups in total. The highest BCUT2D eigenvalue weighted by atomic mass is 16.5. The van der Waals surface area contributed by atoms with Crippen molar-refractivity contribution in [3.05, 3.63) is 23.8 Å². The molecule has 3 rings (SSSR count). The lowest BCUT2D eigenvalue weighted by Crippen LogP contribution is -2.36. The van der Waals surface area contributed by atoms with Crippen molar-refractivity contribution in [3.8, 4) is 0 Å². The molecule has 0 saturated carbocycles. The second kappa shape index (κ2) is 7.19. The molecule has 2 aliphatic rings. The fraction of sp³-hybridized carbons (Fsp3) is 0.529. The highest BCUT2D eigenvalue weighted by Gasteiger charge is 2.35. The van der Waals surface area contributed by atoms with Crippen molar-refractivity contribution in [2.75, 3.05) is 37.4 Å². The number of amides is 2. The van der Waals surface area contributed by atoms with E-state index in [-0.39, 0.29) is 30.6 Å². The number of fused-ring (bicyclic) bond motifs is 1. The summed E-state index contributed by atoms with van der Waals surface area (Å²) in [7, 11) is 1.64. The minimum Gasteiger partial charge on any atom is -0.396 e. The number of hydrogen-bond donors (Lipinski definition) is 3. The molecule has 7 heteroatoms. The third-order valence-electron chi connectivity index (χ3n) is 4.64. The zero-order valence-electron chi connectivity index (χ0n) is 13.7. The molecule has 2 aliphatic heterocycles. The Kier molecular flexibility index (Phi) is 5.01. The second-order valence-electron chi connectivity index (χ2n) is 6.20. The number of anilines is 2. The van der Waals surface area contributed by atoms with E-state index in [1.165, 1.54) is 0 Å². The van der Waals surface area contributed by atoms with Crippen LogP contribution in [0, 0.1) is 0 Å². The first kappa shape index (κ1) is 16.7. The minimum atomic E-state index is -0.103. The predicted octanol–water partition coefficient (Wildman–Crippen LogP) is 1.05. The Morgan fingerprint density at radius 3 is 3.00 bits per heavy atom. The summed E-state index contributed by atoms with van der Waals surface area (Å²) in [6.45, 7) is 1.13. The van der Waals surface area contributed by atoms with Crippen LogP contribution in [0.25, 0.3) is 0 Å². The first-order valence-electron chi connectivity index (χ1n) is 8.24. The molecule has 24 heavy (non-hydrogen) atoms. The van der Waals surface area contributed by atoms with Crippen LogP contribution in [-0.4, -0.2) is 60.8 Å². The third kappa shape index (κ3) is 3.37. The molecule has 0 bridgehead atoms. The number of hydrogen-bond acceptors (Lipinski definition) is 5. The normalized spacial score (nSPS) is 23.2. The highest BCUT2D eigenvalue weighted by molar-refractivity contribution is 6.00. The topological polar surface area (TPSA) is 90.9 Å². The van der Waals surface area contributed by atoms with Gasteiger partial charge in [-0.25, -0.2) is 0 Å². The summed E-state index contributed by atoms with van der Waals surface area (Å²) in [5, 5.41) is 15.2. The van der Waals surface area contributed by atoms with Gasteiger partial charge in [-0.1, -0.05) is 0 Å². The third-order valence-corrected chi connectivity index (χ3v) is 4.64.